The summed E-state index contributed by atoms with van der Waals surface area (Å²) in [6.45, 7) is 1.28. The molecule has 0 saturated heterocycles. The Kier molecular flexibility index (Phi) is 1.41. The van der Waals surface area contributed by atoms with Gasteiger partial charge in [-0.05, 0) is 12.8 Å². The summed E-state index contributed by atoms with van der Waals surface area (Å²) in [5, 5.41) is 13.7. The second-order valence-corrected chi connectivity index (χ2v) is 3.73. The third-order valence-corrected chi connectivity index (χ3v) is 2.72. The van der Waals surface area contributed by atoms with E-state index in [1.165, 1.54) is 18.5 Å². The molecule has 1 aromatic rings. The van der Waals surface area contributed by atoms with Crippen molar-refractivity contribution in [3.05, 3.63) is 11.3 Å². The van der Waals surface area contributed by atoms with Crippen LogP contribution in [0.2, 0.25) is 0 Å². The van der Waals surface area contributed by atoms with Gasteiger partial charge in [-0.1, -0.05) is 0 Å². The van der Waals surface area contributed by atoms with Gasteiger partial charge < -0.3 is 9.84 Å². The maximum absolute atomic E-state index is 9.54. The second kappa shape index (κ2) is 2.48. The van der Waals surface area contributed by atoms with E-state index in [0.29, 0.717) is 12.6 Å². The van der Waals surface area contributed by atoms with Crippen LogP contribution in [0.4, 0.5) is 0 Å². The Hall–Kier alpha value is -1.03. The van der Waals surface area contributed by atoms with Crippen molar-refractivity contribution >= 4 is 0 Å². The number of ether oxygens (including phenoxy) is 1. The maximum atomic E-state index is 9.54. The predicted octanol–water partition coefficient (Wildman–Crippen LogP) is 0.996. The average Bonchev–Trinajstić information content (AvgIpc) is 2.94. The molecule has 1 N–H and O–H groups in total. The van der Waals surface area contributed by atoms with Gasteiger partial charge in [-0.2, -0.15) is 0 Å². The molecule has 0 radical (unpaired) electrons. The largest absolute Gasteiger partial charge is 0.492 e. The first-order valence-electron chi connectivity index (χ1n) is 4.73. The maximum Gasteiger partial charge on any atom is 0.236 e. The zero-order valence-corrected chi connectivity index (χ0v) is 7.36. The summed E-state index contributed by atoms with van der Waals surface area (Å²) in [7, 11) is 0. The van der Waals surface area contributed by atoms with Gasteiger partial charge in [0.2, 0.25) is 5.88 Å². The molecule has 1 saturated carbocycles. The van der Waals surface area contributed by atoms with Crippen molar-refractivity contribution in [3.8, 4) is 5.88 Å². The van der Waals surface area contributed by atoms with Gasteiger partial charge in [0.25, 0.3) is 0 Å². The number of fused-ring (bicyclic) bond motifs is 1. The van der Waals surface area contributed by atoms with E-state index in [4.69, 9.17) is 4.74 Å². The molecule has 4 nitrogen and oxygen atoms in total. The second-order valence-electron chi connectivity index (χ2n) is 3.73. The minimum Gasteiger partial charge on any atom is -0.492 e. The highest BCUT2D eigenvalue weighted by atomic mass is 16.5. The van der Waals surface area contributed by atoms with Gasteiger partial charge >= 0.3 is 0 Å². The molecule has 4 heteroatoms. The van der Waals surface area contributed by atoms with Crippen molar-refractivity contribution < 1.29 is 9.84 Å². The third-order valence-electron chi connectivity index (χ3n) is 2.72. The van der Waals surface area contributed by atoms with E-state index in [1.807, 2.05) is 4.68 Å². The molecule has 0 spiro atoms. The molecule has 70 valence electrons. The Morgan fingerprint density at radius 2 is 2.31 bits per heavy atom. The summed E-state index contributed by atoms with van der Waals surface area (Å²) in [4.78, 5) is 0. The number of hydrogen-bond acceptors (Lipinski definition) is 3. The zero-order valence-electron chi connectivity index (χ0n) is 7.36. The number of rotatable bonds is 1. The highest BCUT2D eigenvalue weighted by Crippen LogP contribution is 2.38. The van der Waals surface area contributed by atoms with Crippen LogP contribution in [0.15, 0.2) is 0 Å². The lowest BCUT2D eigenvalue weighted by molar-refractivity contribution is 0.107. The fraction of sp³-hybridized carbons (Fsp3) is 0.667. The molecule has 0 aromatic carbocycles. The molecule has 0 atom stereocenters. The van der Waals surface area contributed by atoms with Crippen molar-refractivity contribution in [2.24, 2.45) is 0 Å². The first-order valence-corrected chi connectivity index (χ1v) is 4.73. The van der Waals surface area contributed by atoms with E-state index < -0.39 is 0 Å². The number of hydrogen-bond donors (Lipinski definition) is 1. The van der Waals surface area contributed by atoms with Gasteiger partial charge in [0, 0.05) is 6.42 Å². The van der Waals surface area contributed by atoms with E-state index in [1.54, 1.807) is 0 Å². The Morgan fingerprint density at radius 3 is 3.08 bits per heavy atom. The molecule has 0 amide bonds. The highest BCUT2D eigenvalue weighted by molar-refractivity contribution is 5.31. The van der Waals surface area contributed by atoms with E-state index in [2.05, 4.69) is 5.10 Å². The van der Waals surface area contributed by atoms with Gasteiger partial charge in [-0.15, -0.1) is 5.10 Å². The standard InChI is InChI=1S/C9H12N2O2/c12-9-7-5-13-4-3-8(7)11(10-9)6-1-2-6/h6H,1-5H2,(H,10,12). The summed E-state index contributed by atoms with van der Waals surface area (Å²) in [6, 6.07) is 0.549. The Bertz CT molecular complexity index is 342. The summed E-state index contributed by atoms with van der Waals surface area (Å²) in [6.07, 6.45) is 3.29. The molecule has 2 heterocycles. The van der Waals surface area contributed by atoms with E-state index >= 15 is 0 Å². The molecule has 2 aliphatic rings. The molecule has 0 unspecified atom stereocenters. The van der Waals surface area contributed by atoms with Gasteiger partial charge in [0.1, 0.15) is 0 Å². The first kappa shape index (κ1) is 7.38. The molecular formula is C9H12N2O2. The lowest BCUT2D eigenvalue weighted by Gasteiger charge is -2.13. The van der Waals surface area contributed by atoms with Crippen molar-refractivity contribution in [1.82, 2.24) is 9.78 Å². The average molecular weight is 180 g/mol. The van der Waals surface area contributed by atoms with E-state index in [0.717, 1.165) is 18.6 Å². The summed E-state index contributed by atoms with van der Waals surface area (Å²) in [5.41, 5.74) is 2.09. The first-order chi connectivity index (χ1) is 6.36. The number of aromatic hydroxyl groups is 1. The van der Waals surface area contributed by atoms with Crippen LogP contribution in [-0.4, -0.2) is 21.5 Å². The SMILES string of the molecule is Oc1nn(C2CC2)c2c1COCC2. The quantitative estimate of drug-likeness (QED) is 0.701. The van der Waals surface area contributed by atoms with Crippen molar-refractivity contribution in [2.45, 2.75) is 31.9 Å². The Morgan fingerprint density at radius 1 is 1.46 bits per heavy atom. The topological polar surface area (TPSA) is 47.3 Å². The minimum atomic E-state index is 0.168. The normalized spacial score (nSPS) is 21.5. The molecule has 1 aromatic heterocycles. The van der Waals surface area contributed by atoms with Crippen LogP contribution < -0.4 is 0 Å². The van der Waals surface area contributed by atoms with Crippen LogP contribution in [0.3, 0.4) is 0 Å². The smallest absolute Gasteiger partial charge is 0.236 e. The van der Waals surface area contributed by atoms with E-state index in [-0.39, 0.29) is 5.88 Å². The molecule has 1 aliphatic heterocycles. The van der Waals surface area contributed by atoms with Crippen LogP contribution >= 0.6 is 0 Å². The van der Waals surface area contributed by atoms with Crippen molar-refractivity contribution in [2.75, 3.05) is 6.61 Å². The lowest BCUT2D eigenvalue weighted by Crippen LogP contribution is -2.13. The van der Waals surface area contributed by atoms with Gasteiger partial charge in [-0.25, -0.2) is 0 Å². The Balaban J connectivity index is 2.09. The summed E-state index contributed by atoms with van der Waals surface area (Å²) in [5.74, 6) is 0.168. The molecule has 13 heavy (non-hydrogen) atoms. The fourth-order valence-electron chi connectivity index (χ4n) is 1.87. The number of aromatic nitrogens is 2. The monoisotopic (exact) mass is 180 g/mol. The van der Waals surface area contributed by atoms with Crippen LogP contribution in [0.5, 0.6) is 5.88 Å². The van der Waals surface area contributed by atoms with Crippen molar-refractivity contribution in [3.63, 3.8) is 0 Å². The van der Waals surface area contributed by atoms with Crippen molar-refractivity contribution in [1.29, 1.82) is 0 Å². The van der Waals surface area contributed by atoms with Crippen LogP contribution in [0, 0.1) is 0 Å². The molecule has 3 rings (SSSR count). The van der Waals surface area contributed by atoms with Gasteiger partial charge in [0.15, 0.2) is 0 Å². The lowest BCUT2D eigenvalue weighted by atomic mass is 10.1. The predicted molar refractivity (Wildman–Crippen MR) is 45.5 cm³/mol. The number of nitrogens with zero attached hydrogens (tertiary/aromatic N) is 2. The van der Waals surface area contributed by atoms with E-state index in [9.17, 15) is 5.11 Å². The molecular weight excluding hydrogens is 168 g/mol. The molecule has 1 fully saturated rings. The van der Waals surface area contributed by atoms with Crippen LogP contribution in [0.1, 0.15) is 30.1 Å². The fourth-order valence-corrected chi connectivity index (χ4v) is 1.87. The van der Waals surface area contributed by atoms with Gasteiger partial charge in [0.05, 0.1) is 30.5 Å². The van der Waals surface area contributed by atoms with Gasteiger partial charge in [-0.3, -0.25) is 4.68 Å². The summed E-state index contributed by atoms with van der Waals surface area (Å²) < 4.78 is 7.27. The van der Waals surface area contributed by atoms with Crippen LogP contribution in [-0.2, 0) is 17.8 Å². The third kappa shape index (κ3) is 1.05. The summed E-state index contributed by atoms with van der Waals surface area (Å²) >= 11 is 0. The zero-order chi connectivity index (χ0) is 8.84. The van der Waals surface area contributed by atoms with Crippen LogP contribution in [0.25, 0.3) is 0 Å². The Labute approximate surface area is 76.1 Å². The highest BCUT2D eigenvalue weighted by Gasteiger charge is 2.30. The minimum absolute atomic E-state index is 0.168. The molecule has 1 aliphatic carbocycles. The molecule has 0 bridgehead atoms.